The number of aryl methyl sites for hydroxylation is 1. The molecule has 7 heteroatoms. The number of rotatable bonds is 5. The Morgan fingerprint density at radius 2 is 2.09 bits per heavy atom. The quantitative estimate of drug-likeness (QED) is 0.890. The van der Waals surface area contributed by atoms with Gasteiger partial charge in [0, 0.05) is 31.9 Å². The van der Waals surface area contributed by atoms with Crippen molar-refractivity contribution in [2.75, 3.05) is 6.54 Å². The Morgan fingerprint density at radius 3 is 2.73 bits per heavy atom. The summed E-state index contributed by atoms with van der Waals surface area (Å²) in [4.78, 5) is 11.8. The van der Waals surface area contributed by atoms with Gasteiger partial charge < -0.3 is 10.6 Å². The van der Waals surface area contributed by atoms with Gasteiger partial charge >= 0.3 is 6.03 Å². The molecule has 1 unspecified atom stereocenters. The van der Waals surface area contributed by atoms with Crippen molar-refractivity contribution in [3.05, 3.63) is 53.4 Å². The second kappa shape index (κ2) is 7.02. The zero-order valence-electron chi connectivity index (χ0n) is 12.4. The molecule has 1 heterocycles. The molecule has 0 aliphatic carbocycles. The molecule has 0 aliphatic rings. The Balaban J connectivity index is 1.81. The Bertz CT molecular complexity index is 657. The molecule has 0 saturated heterocycles. The molecule has 2 amide bonds. The summed E-state index contributed by atoms with van der Waals surface area (Å²) in [7, 11) is 1.83. The number of hydrogen-bond donors (Lipinski definition) is 2. The number of aromatic nitrogens is 2. The molecule has 5 nitrogen and oxygen atoms in total. The van der Waals surface area contributed by atoms with Gasteiger partial charge in [0.25, 0.3) is 0 Å². The molecule has 0 aliphatic heterocycles. The minimum Gasteiger partial charge on any atom is -0.338 e. The molecule has 1 aromatic heterocycles. The third-order valence-corrected chi connectivity index (χ3v) is 3.38. The molecule has 22 heavy (non-hydrogen) atoms. The molecule has 0 bridgehead atoms. The molecule has 2 aromatic rings. The number of amides is 2. The van der Waals surface area contributed by atoms with Gasteiger partial charge in [0.15, 0.2) is 11.6 Å². The van der Waals surface area contributed by atoms with Crippen LogP contribution in [-0.4, -0.2) is 22.4 Å². The highest BCUT2D eigenvalue weighted by atomic mass is 19.2. The van der Waals surface area contributed by atoms with Crippen LogP contribution in [0, 0.1) is 11.6 Å². The maximum Gasteiger partial charge on any atom is 0.315 e. The molecule has 118 valence electrons. The highest BCUT2D eigenvalue weighted by molar-refractivity contribution is 5.74. The molecule has 0 radical (unpaired) electrons. The van der Waals surface area contributed by atoms with E-state index in [0.29, 0.717) is 18.5 Å². The van der Waals surface area contributed by atoms with Crippen LogP contribution in [0.25, 0.3) is 0 Å². The van der Waals surface area contributed by atoms with Crippen LogP contribution in [0.2, 0.25) is 0 Å². The standard InChI is InChI=1S/C15H18F2N4O/c1-10(11-3-4-13(16)14(17)9-11)20-15(22)18-7-5-12-6-8-19-21(12)2/h3-4,6,8-10H,5,7H2,1-2H3,(H2,18,20,22). The van der Waals surface area contributed by atoms with Crippen LogP contribution in [0.5, 0.6) is 0 Å². The Morgan fingerprint density at radius 1 is 1.32 bits per heavy atom. The van der Waals surface area contributed by atoms with Gasteiger partial charge in [-0.05, 0) is 30.7 Å². The smallest absolute Gasteiger partial charge is 0.315 e. The second-order valence-electron chi connectivity index (χ2n) is 4.99. The van der Waals surface area contributed by atoms with Gasteiger partial charge in [0.1, 0.15) is 0 Å². The van der Waals surface area contributed by atoms with Gasteiger partial charge in [-0.3, -0.25) is 4.68 Å². The van der Waals surface area contributed by atoms with Crippen LogP contribution in [0.1, 0.15) is 24.2 Å². The third-order valence-electron chi connectivity index (χ3n) is 3.38. The summed E-state index contributed by atoms with van der Waals surface area (Å²) in [6.45, 7) is 2.16. The lowest BCUT2D eigenvalue weighted by Crippen LogP contribution is -2.38. The molecule has 0 spiro atoms. The van der Waals surface area contributed by atoms with E-state index < -0.39 is 17.7 Å². The fourth-order valence-electron chi connectivity index (χ4n) is 2.06. The van der Waals surface area contributed by atoms with Crippen molar-refractivity contribution in [1.29, 1.82) is 0 Å². The first-order valence-electron chi connectivity index (χ1n) is 6.93. The number of carbonyl (C=O) groups is 1. The van der Waals surface area contributed by atoms with Crippen LogP contribution in [-0.2, 0) is 13.5 Å². The van der Waals surface area contributed by atoms with Crippen molar-refractivity contribution in [2.24, 2.45) is 7.05 Å². The van der Waals surface area contributed by atoms with Crippen LogP contribution in [0.4, 0.5) is 13.6 Å². The van der Waals surface area contributed by atoms with Gasteiger partial charge in [-0.1, -0.05) is 6.07 Å². The Hall–Kier alpha value is -2.44. The maximum absolute atomic E-state index is 13.2. The molecule has 1 aromatic carbocycles. The largest absolute Gasteiger partial charge is 0.338 e. The first kappa shape index (κ1) is 15.9. The van der Waals surface area contributed by atoms with Crippen LogP contribution in [0.15, 0.2) is 30.5 Å². The predicted molar refractivity (Wildman–Crippen MR) is 78.2 cm³/mol. The first-order chi connectivity index (χ1) is 10.5. The van der Waals surface area contributed by atoms with Gasteiger partial charge in [-0.2, -0.15) is 5.10 Å². The fraction of sp³-hybridized carbons (Fsp3) is 0.333. The minimum atomic E-state index is -0.928. The van der Waals surface area contributed by atoms with Gasteiger partial charge in [-0.25, -0.2) is 13.6 Å². The van der Waals surface area contributed by atoms with Crippen molar-refractivity contribution in [3.63, 3.8) is 0 Å². The monoisotopic (exact) mass is 308 g/mol. The summed E-state index contributed by atoms with van der Waals surface area (Å²) in [5, 5.41) is 9.43. The number of urea groups is 1. The highest BCUT2D eigenvalue weighted by Crippen LogP contribution is 2.15. The number of hydrogen-bond acceptors (Lipinski definition) is 2. The number of nitrogens with zero attached hydrogens (tertiary/aromatic N) is 2. The molecule has 0 fully saturated rings. The van der Waals surface area contributed by atoms with E-state index in [9.17, 15) is 13.6 Å². The van der Waals surface area contributed by atoms with Crippen molar-refractivity contribution < 1.29 is 13.6 Å². The van der Waals surface area contributed by atoms with E-state index in [1.807, 2.05) is 13.1 Å². The average molecular weight is 308 g/mol. The fourth-order valence-corrected chi connectivity index (χ4v) is 2.06. The normalized spacial score (nSPS) is 12.0. The van der Waals surface area contributed by atoms with Crippen molar-refractivity contribution >= 4 is 6.03 Å². The summed E-state index contributed by atoms with van der Waals surface area (Å²) >= 11 is 0. The van der Waals surface area contributed by atoms with Crippen LogP contribution >= 0.6 is 0 Å². The molecular formula is C15H18F2N4O. The lowest BCUT2D eigenvalue weighted by atomic mass is 10.1. The molecule has 0 saturated carbocycles. The SMILES string of the molecule is CC(NC(=O)NCCc1ccnn1C)c1ccc(F)c(F)c1. The van der Waals surface area contributed by atoms with E-state index in [-0.39, 0.29) is 6.03 Å². The van der Waals surface area contributed by atoms with Crippen LogP contribution < -0.4 is 10.6 Å². The zero-order chi connectivity index (χ0) is 16.1. The van der Waals surface area contributed by atoms with E-state index >= 15 is 0 Å². The van der Waals surface area contributed by atoms with Crippen molar-refractivity contribution in [2.45, 2.75) is 19.4 Å². The van der Waals surface area contributed by atoms with Gasteiger partial charge in [-0.15, -0.1) is 0 Å². The highest BCUT2D eigenvalue weighted by Gasteiger charge is 2.11. The number of halogens is 2. The minimum absolute atomic E-state index is 0.362. The van der Waals surface area contributed by atoms with Crippen LogP contribution in [0.3, 0.4) is 0 Å². The molecule has 2 N–H and O–H groups in total. The summed E-state index contributed by atoms with van der Waals surface area (Å²) < 4.78 is 27.8. The molecule has 1 atom stereocenters. The van der Waals surface area contributed by atoms with E-state index in [1.165, 1.54) is 6.07 Å². The lowest BCUT2D eigenvalue weighted by Gasteiger charge is -2.15. The van der Waals surface area contributed by atoms with Gasteiger partial charge in [0.05, 0.1) is 6.04 Å². The lowest BCUT2D eigenvalue weighted by molar-refractivity contribution is 0.238. The van der Waals surface area contributed by atoms with E-state index in [1.54, 1.807) is 17.8 Å². The Labute approximate surface area is 127 Å². The van der Waals surface area contributed by atoms with Crippen molar-refractivity contribution in [1.82, 2.24) is 20.4 Å². The Kier molecular flexibility index (Phi) is 5.08. The number of benzene rings is 1. The average Bonchev–Trinajstić information content (AvgIpc) is 2.87. The topological polar surface area (TPSA) is 59.0 Å². The van der Waals surface area contributed by atoms with E-state index in [0.717, 1.165) is 17.8 Å². The number of carbonyl (C=O) groups excluding carboxylic acids is 1. The molecular weight excluding hydrogens is 290 g/mol. The predicted octanol–water partition coefficient (Wildman–Crippen LogP) is 2.30. The summed E-state index contributed by atoms with van der Waals surface area (Å²) in [5.41, 5.74) is 1.51. The number of nitrogens with one attached hydrogen (secondary N) is 2. The third kappa shape index (κ3) is 4.03. The maximum atomic E-state index is 13.2. The summed E-state index contributed by atoms with van der Waals surface area (Å²) in [6, 6.07) is 4.66. The second-order valence-corrected chi connectivity index (χ2v) is 4.99. The first-order valence-corrected chi connectivity index (χ1v) is 6.93. The molecule has 2 rings (SSSR count). The summed E-state index contributed by atoms with van der Waals surface area (Å²) in [5.74, 6) is -1.83. The van der Waals surface area contributed by atoms with Crippen molar-refractivity contribution in [3.8, 4) is 0 Å². The van der Waals surface area contributed by atoms with E-state index in [4.69, 9.17) is 0 Å². The summed E-state index contributed by atoms with van der Waals surface area (Å²) in [6.07, 6.45) is 2.35. The zero-order valence-corrected chi connectivity index (χ0v) is 12.4. The van der Waals surface area contributed by atoms with Gasteiger partial charge in [0.2, 0.25) is 0 Å². The van der Waals surface area contributed by atoms with E-state index in [2.05, 4.69) is 15.7 Å².